The highest BCUT2D eigenvalue weighted by molar-refractivity contribution is 7.22. The number of aromatic nitrogens is 2. The number of hydrogen-bond donors (Lipinski definition) is 0. The van der Waals surface area contributed by atoms with Gasteiger partial charge in [-0.25, -0.2) is 4.98 Å². The van der Waals surface area contributed by atoms with Gasteiger partial charge in [-0.1, -0.05) is 35.1 Å². The van der Waals surface area contributed by atoms with Crippen molar-refractivity contribution in [3.63, 3.8) is 0 Å². The second-order valence-electron chi connectivity index (χ2n) is 7.62. The Morgan fingerprint density at radius 2 is 1.91 bits per heavy atom. The van der Waals surface area contributed by atoms with E-state index in [1.807, 2.05) is 30.3 Å². The van der Waals surface area contributed by atoms with Crippen molar-refractivity contribution in [2.45, 2.75) is 26.0 Å². The molecule has 0 fully saturated rings. The average molecular weight is 468 g/mol. The molecule has 1 amide bonds. The summed E-state index contributed by atoms with van der Waals surface area (Å²) in [6.45, 7) is 3.80. The van der Waals surface area contributed by atoms with Gasteiger partial charge in [0.25, 0.3) is 5.91 Å². The maximum atomic E-state index is 13.8. The number of nitrogens with zero attached hydrogens (tertiary/aromatic N) is 3. The molecule has 4 rings (SSSR count). The van der Waals surface area contributed by atoms with Crippen LogP contribution in [0.2, 0.25) is 5.02 Å². The van der Waals surface area contributed by atoms with Crippen LogP contribution in [0.3, 0.4) is 0 Å². The van der Waals surface area contributed by atoms with Crippen LogP contribution >= 0.6 is 22.9 Å². The lowest BCUT2D eigenvalue weighted by Gasteiger charge is -2.31. The third kappa shape index (κ3) is 4.69. The number of rotatable bonds is 7. The van der Waals surface area contributed by atoms with Gasteiger partial charge in [-0.15, -0.1) is 0 Å². The number of anilines is 1. The van der Waals surface area contributed by atoms with Crippen molar-refractivity contribution in [1.82, 2.24) is 9.97 Å². The first-order chi connectivity index (χ1) is 15.4. The molecular formula is C24H22ClN3O3S. The molecule has 0 aliphatic carbocycles. The molecule has 0 aliphatic heterocycles. The number of methoxy groups -OCH3 is 1. The summed E-state index contributed by atoms with van der Waals surface area (Å²) in [5, 5.41) is 1.16. The highest BCUT2D eigenvalue weighted by atomic mass is 35.5. The molecule has 0 bridgehead atoms. The summed E-state index contributed by atoms with van der Waals surface area (Å²) in [6.07, 6.45) is 3.44. The van der Waals surface area contributed by atoms with Crippen LogP contribution < -0.4 is 14.4 Å². The Morgan fingerprint density at radius 3 is 2.59 bits per heavy atom. The van der Waals surface area contributed by atoms with E-state index in [2.05, 4.69) is 4.98 Å². The fourth-order valence-electron chi connectivity index (χ4n) is 3.26. The molecule has 4 aromatic rings. The Balaban J connectivity index is 1.71. The van der Waals surface area contributed by atoms with Crippen molar-refractivity contribution in [2.24, 2.45) is 0 Å². The number of hydrogen-bond acceptors (Lipinski definition) is 6. The van der Waals surface area contributed by atoms with Gasteiger partial charge in [-0.2, -0.15) is 0 Å². The maximum Gasteiger partial charge on any atom is 0.272 e. The number of thiazole rings is 1. The number of amides is 1. The molecule has 0 N–H and O–H groups in total. The molecule has 164 valence electrons. The number of pyridine rings is 1. The highest BCUT2D eigenvalue weighted by Gasteiger charge is 2.36. The molecule has 0 unspecified atom stereocenters. The van der Waals surface area contributed by atoms with Crippen molar-refractivity contribution < 1.29 is 14.3 Å². The minimum absolute atomic E-state index is 0.227. The van der Waals surface area contributed by atoms with Crippen LogP contribution in [0.5, 0.6) is 11.5 Å². The normalized spacial score (nSPS) is 11.4. The van der Waals surface area contributed by atoms with E-state index in [-0.39, 0.29) is 5.91 Å². The van der Waals surface area contributed by atoms with Crippen LogP contribution in [-0.4, -0.2) is 28.6 Å². The summed E-state index contributed by atoms with van der Waals surface area (Å²) in [4.78, 5) is 24.3. The Morgan fingerprint density at radius 1 is 1.12 bits per heavy atom. The molecule has 2 heterocycles. The summed E-state index contributed by atoms with van der Waals surface area (Å²) in [6, 6.07) is 16.4. The fraction of sp³-hybridized carbons (Fsp3) is 0.208. The van der Waals surface area contributed by atoms with Gasteiger partial charge >= 0.3 is 0 Å². The summed E-state index contributed by atoms with van der Waals surface area (Å²) >= 11 is 7.40. The smallest absolute Gasteiger partial charge is 0.272 e. The Bertz CT molecular complexity index is 1230. The number of benzene rings is 2. The number of carbonyl (C=O) groups is 1. The number of halogens is 1. The lowest BCUT2D eigenvalue weighted by molar-refractivity contribution is -0.131. The van der Waals surface area contributed by atoms with Gasteiger partial charge in [-0.3, -0.25) is 14.7 Å². The Kier molecular flexibility index (Phi) is 6.30. The molecule has 0 atom stereocenters. The number of carbonyl (C=O) groups excluding carboxylic acids is 1. The second kappa shape index (κ2) is 9.14. The van der Waals surface area contributed by atoms with Crippen LogP contribution in [0.25, 0.3) is 10.2 Å². The summed E-state index contributed by atoms with van der Waals surface area (Å²) < 4.78 is 12.4. The fourth-order valence-corrected chi connectivity index (χ4v) is 4.36. The monoisotopic (exact) mass is 467 g/mol. The van der Waals surface area contributed by atoms with E-state index < -0.39 is 5.60 Å². The minimum Gasteiger partial charge on any atom is -0.494 e. The predicted molar refractivity (Wildman–Crippen MR) is 128 cm³/mol. The molecule has 6 nitrogen and oxygen atoms in total. The van der Waals surface area contributed by atoms with Crippen molar-refractivity contribution in [1.29, 1.82) is 0 Å². The summed E-state index contributed by atoms with van der Waals surface area (Å²) in [5.41, 5.74) is 0.447. The second-order valence-corrected chi connectivity index (χ2v) is 9.07. The van der Waals surface area contributed by atoms with Crippen molar-refractivity contribution in [2.75, 3.05) is 12.0 Å². The van der Waals surface area contributed by atoms with Gasteiger partial charge in [-0.05, 0) is 61.9 Å². The average Bonchev–Trinajstić information content (AvgIpc) is 3.23. The predicted octanol–water partition coefficient (Wildman–Crippen LogP) is 5.74. The molecule has 0 saturated carbocycles. The van der Waals surface area contributed by atoms with Gasteiger partial charge < -0.3 is 9.47 Å². The van der Waals surface area contributed by atoms with E-state index in [4.69, 9.17) is 26.1 Å². The third-order valence-electron chi connectivity index (χ3n) is 4.83. The van der Waals surface area contributed by atoms with E-state index in [1.165, 1.54) is 11.3 Å². The highest BCUT2D eigenvalue weighted by Crippen LogP contribution is 2.36. The van der Waals surface area contributed by atoms with E-state index in [0.29, 0.717) is 28.2 Å². The van der Waals surface area contributed by atoms with E-state index in [9.17, 15) is 4.79 Å². The van der Waals surface area contributed by atoms with Gasteiger partial charge in [0.1, 0.15) is 17.0 Å². The molecule has 0 radical (unpaired) electrons. The van der Waals surface area contributed by atoms with Gasteiger partial charge in [0.2, 0.25) is 0 Å². The third-order valence-corrected chi connectivity index (χ3v) is 6.13. The van der Waals surface area contributed by atoms with Gasteiger partial charge in [0.05, 0.1) is 18.4 Å². The molecular weight excluding hydrogens is 446 g/mol. The van der Waals surface area contributed by atoms with Gasteiger partial charge in [0.15, 0.2) is 10.7 Å². The molecule has 0 spiro atoms. The first-order valence-corrected chi connectivity index (χ1v) is 11.2. The zero-order valence-corrected chi connectivity index (χ0v) is 19.5. The largest absolute Gasteiger partial charge is 0.494 e. The maximum absolute atomic E-state index is 13.8. The van der Waals surface area contributed by atoms with Crippen LogP contribution in [0, 0.1) is 0 Å². The molecule has 0 saturated heterocycles. The number of para-hydroxylation sites is 1. The van der Waals surface area contributed by atoms with Gasteiger partial charge in [0, 0.05) is 17.4 Å². The van der Waals surface area contributed by atoms with Crippen LogP contribution in [0.4, 0.5) is 5.13 Å². The Labute approximate surface area is 195 Å². The molecule has 32 heavy (non-hydrogen) atoms. The van der Waals surface area contributed by atoms with E-state index in [0.717, 1.165) is 15.8 Å². The molecule has 0 aliphatic rings. The topological polar surface area (TPSA) is 64.5 Å². The first-order valence-electron chi connectivity index (χ1n) is 9.96. The van der Waals surface area contributed by atoms with E-state index >= 15 is 0 Å². The zero-order valence-electron chi connectivity index (χ0n) is 17.9. The SMILES string of the molecule is COc1cccc2sc(N(Cc3cccnc3)C(=O)C(C)(C)Oc3ccc(Cl)cc3)nc12. The molecule has 8 heteroatoms. The zero-order chi connectivity index (χ0) is 22.7. The quantitative estimate of drug-likeness (QED) is 0.346. The standard InChI is InChI=1S/C24H22ClN3O3S/c1-24(2,31-18-11-9-17(25)10-12-18)22(29)28(15-16-6-5-13-26-14-16)23-27-21-19(30-3)7-4-8-20(21)32-23/h4-14H,15H2,1-3H3. The number of ether oxygens (including phenoxy) is 2. The van der Waals surface area contributed by atoms with Crippen molar-refractivity contribution in [3.8, 4) is 11.5 Å². The summed E-state index contributed by atoms with van der Waals surface area (Å²) in [7, 11) is 1.61. The Hall–Kier alpha value is -3.16. The summed E-state index contributed by atoms with van der Waals surface area (Å²) in [5.74, 6) is 0.991. The van der Waals surface area contributed by atoms with Crippen molar-refractivity contribution in [3.05, 3.63) is 77.6 Å². The van der Waals surface area contributed by atoms with E-state index in [1.54, 1.807) is 62.5 Å². The lowest BCUT2D eigenvalue weighted by atomic mass is 10.1. The van der Waals surface area contributed by atoms with Crippen LogP contribution in [0.15, 0.2) is 67.0 Å². The van der Waals surface area contributed by atoms with Crippen LogP contribution in [0.1, 0.15) is 19.4 Å². The minimum atomic E-state index is -1.15. The number of fused-ring (bicyclic) bond motifs is 1. The van der Waals surface area contributed by atoms with Crippen molar-refractivity contribution >= 4 is 44.2 Å². The lowest BCUT2D eigenvalue weighted by Crippen LogP contribution is -2.48. The molecule has 2 aromatic carbocycles. The van der Waals surface area contributed by atoms with Crippen LogP contribution in [-0.2, 0) is 11.3 Å². The first kappa shape index (κ1) is 22.0. The molecule has 2 aromatic heterocycles.